The summed E-state index contributed by atoms with van der Waals surface area (Å²) in [5.41, 5.74) is 3.64. The lowest BCUT2D eigenvalue weighted by Gasteiger charge is -2.33. The van der Waals surface area contributed by atoms with Crippen LogP contribution in [-0.2, 0) is 20.0 Å². The first kappa shape index (κ1) is 30.2. The highest BCUT2D eigenvalue weighted by Gasteiger charge is 2.43. The van der Waals surface area contributed by atoms with Crippen LogP contribution in [0.1, 0.15) is 35.7 Å². The Morgan fingerprint density at radius 1 is 0.762 bits per heavy atom. The van der Waals surface area contributed by atoms with Gasteiger partial charge in [-0.15, -0.1) is 4.40 Å². The zero-order valence-electron chi connectivity index (χ0n) is 24.6. The summed E-state index contributed by atoms with van der Waals surface area (Å²) in [4.78, 5) is 6.34. The van der Waals surface area contributed by atoms with Crippen LogP contribution in [-0.4, -0.2) is 83.6 Å². The van der Waals surface area contributed by atoms with Crippen molar-refractivity contribution in [2.45, 2.75) is 42.6 Å². The predicted octanol–water partition coefficient (Wildman–Crippen LogP) is 4.26. The van der Waals surface area contributed by atoms with Gasteiger partial charge in [-0.05, 0) is 81.7 Å². The number of nitrogens with zero attached hydrogens (tertiary/aromatic N) is 5. The van der Waals surface area contributed by atoms with Crippen molar-refractivity contribution in [3.63, 3.8) is 0 Å². The van der Waals surface area contributed by atoms with E-state index in [2.05, 4.69) is 9.30 Å². The summed E-state index contributed by atoms with van der Waals surface area (Å²) in [5.74, 6) is 0.348. The molecule has 0 bridgehead atoms. The van der Waals surface area contributed by atoms with Crippen LogP contribution in [0.5, 0.6) is 0 Å². The van der Waals surface area contributed by atoms with Gasteiger partial charge in [0.2, 0.25) is 10.0 Å². The molecule has 0 aromatic heterocycles. The van der Waals surface area contributed by atoms with Crippen molar-refractivity contribution in [3.8, 4) is 0 Å². The number of rotatable bonds is 8. The van der Waals surface area contributed by atoms with E-state index in [-0.39, 0.29) is 16.3 Å². The minimum Gasteiger partial charge on any atom is -0.378 e. The molecule has 5 rings (SSSR count). The Labute approximate surface area is 250 Å². The van der Waals surface area contributed by atoms with Crippen LogP contribution in [0.2, 0.25) is 0 Å². The van der Waals surface area contributed by atoms with E-state index in [4.69, 9.17) is 0 Å². The Kier molecular flexibility index (Phi) is 8.75. The fourth-order valence-electron chi connectivity index (χ4n) is 5.48. The lowest BCUT2D eigenvalue weighted by Crippen LogP contribution is -2.42. The van der Waals surface area contributed by atoms with Gasteiger partial charge in [-0.3, -0.25) is 4.90 Å². The molecule has 2 aliphatic rings. The summed E-state index contributed by atoms with van der Waals surface area (Å²) in [6.07, 6.45) is 1.30. The third kappa shape index (κ3) is 6.39. The van der Waals surface area contributed by atoms with Gasteiger partial charge >= 0.3 is 0 Å². The minimum atomic E-state index is -4.04. The fraction of sp³-hybridized carbons (Fsp3) is 0.387. The highest BCUT2D eigenvalue weighted by Crippen LogP contribution is 2.36. The Morgan fingerprint density at radius 3 is 1.86 bits per heavy atom. The van der Waals surface area contributed by atoms with E-state index in [9.17, 15) is 16.8 Å². The largest absolute Gasteiger partial charge is 0.378 e. The van der Waals surface area contributed by atoms with Gasteiger partial charge in [0.25, 0.3) is 10.0 Å². The van der Waals surface area contributed by atoms with E-state index in [1.54, 1.807) is 48.5 Å². The average Bonchev–Trinajstić information content (AvgIpc) is 3.64. The third-order valence-corrected chi connectivity index (χ3v) is 11.1. The van der Waals surface area contributed by atoms with Gasteiger partial charge < -0.3 is 9.80 Å². The molecule has 42 heavy (non-hydrogen) atoms. The Bertz CT molecular complexity index is 1630. The molecule has 2 heterocycles. The van der Waals surface area contributed by atoms with E-state index in [1.807, 2.05) is 62.0 Å². The molecule has 3 aromatic rings. The lowest BCUT2D eigenvalue weighted by atomic mass is 10.1. The van der Waals surface area contributed by atoms with Gasteiger partial charge in [0, 0.05) is 32.9 Å². The maximum absolute atomic E-state index is 14.1. The van der Waals surface area contributed by atoms with Crippen molar-refractivity contribution in [2.24, 2.45) is 4.40 Å². The SMILES string of the molecule is Cc1ccc(S(=O)(=O)N=C(CN2CCCC2)N2CCN(S(=O)(=O)c3ccc(C)cc3)[C@H]2c2ccc(N(C)C)cc2)cc1. The van der Waals surface area contributed by atoms with Crippen molar-refractivity contribution in [1.82, 2.24) is 14.1 Å². The molecule has 0 radical (unpaired) electrons. The number of hydrogen-bond donors (Lipinski definition) is 0. The maximum Gasteiger partial charge on any atom is 0.283 e. The number of sulfonamides is 2. The average molecular weight is 610 g/mol. The molecule has 9 nitrogen and oxygen atoms in total. The zero-order valence-corrected chi connectivity index (χ0v) is 26.3. The van der Waals surface area contributed by atoms with E-state index in [0.717, 1.165) is 48.3 Å². The first-order valence-electron chi connectivity index (χ1n) is 14.2. The molecule has 0 unspecified atom stereocenters. The molecule has 2 saturated heterocycles. The topological polar surface area (TPSA) is 93.6 Å². The first-order valence-corrected chi connectivity index (χ1v) is 17.1. The van der Waals surface area contributed by atoms with Crippen LogP contribution in [0, 0.1) is 13.8 Å². The van der Waals surface area contributed by atoms with Crippen molar-refractivity contribution in [3.05, 3.63) is 89.5 Å². The standard InChI is InChI=1S/C31H39N5O4S2/c1-24-7-15-28(16-8-24)41(37,38)32-30(23-34-19-5-6-20-34)35-21-22-36(42(39,40)29-17-9-25(2)10-18-29)31(35)26-11-13-27(14-12-26)33(3)4/h7-18,31H,5-6,19-23H2,1-4H3/t31-/m0/s1. The summed E-state index contributed by atoms with van der Waals surface area (Å²) in [6.45, 7) is 6.31. The Balaban J connectivity index is 1.62. The summed E-state index contributed by atoms with van der Waals surface area (Å²) >= 11 is 0. The number of likely N-dealkylation sites (tertiary alicyclic amines) is 1. The minimum absolute atomic E-state index is 0.113. The van der Waals surface area contributed by atoms with Crippen molar-refractivity contribution in [2.75, 3.05) is 51.7 Å². The number of anilines is 1. The molecule has 224 valence electrons. The summed E-state index contributed by atoms with van der Waals surface area (Å²) in [7, 11) is -4.06. The molecule has 2 aliphatic heterocycles. The van der Waals surface area contributed by atoms with E-state index >= 15 is 0 Å². The second-order valence-electron chi connectivity index (χ2n) is 11.3. The quantitative estimate of drug-likeness (QED) is 0.278. The number of amidine groups is 1. The number of aryl methyl sites for hydroxylation is 2. The van der Waals surface area contributed by atoms with Gasteiger partial charge in [-0.25, -0.2) is 8.42 Å². The molecular weight excluding hydrogens is 571 g/mol. The molecule has 3 aromatic carbocycles. The Hall–Kier alpha value is -3.25. The van der Waals surface area contributed by atoms with Gasteiger partial charge in [-0.2, -0.15) is 12.7 Å². The number of benzene rings is 3. The van der Waals surface area contributed by atoms with Crippen LogP contribution in [0.4, 0.5) is 5.69 Å². The van der Waals surface area contributed by atoms with Crippen molar-refractivity contribution < 1.29 is 16.8 Å². The van der Waals surface area contributed by atoms with Gasteiger partial charge in [0.1, 0.15) is 12.0 Å². The predicted molar refractivity (Wildman–Crippen MR) is 167 cm³/mol. The van der Waals surface area contributed by atoms with Crippen LogP contribution in [0.15, 0.2) is 87.0 Å². The van der Waals surface area contributed by atoms with Crippen LogP contribution >= 0.6 is 0 Å². The van der Waals surface area contributed by atoms with Gasteiger partial charge in [-0.1, -0.05) is 47.5 Å². The van der Waals surface area contributed by atoms with E-state index in [0.29, 0.717) is 18.9 Å². The molecule has 0 saturated carbocycles. The highest BCUT2D eigenvalue weighted by molar-refractivity contribution is 7.90. The van der Waals surface area contributed by atoms with Gasteiger partial charge in [0.15, 0.2) is 0 Å². The second-order valence-corrected chi connectivity index (χ2v) is 14.8. The monoisotopic (exact) mass is 609 g/mol. The smallest absolute Gasteiger partial charge is 0.283 e. The highest BCUT2D eigenvalue weighted by atomic mass is 32.2. The molecule has 2 fully saturated rings. The summed E-state index contributed by atoms with van der Waals surface area (Å²) in [5, 5.41) is 0. The van der Waals surface area contributed by atoms with Crippen LogP contribution in [0.3, 0.4) is 0 Å². The summed E-state index contributed by atoms with van der Waals surface area (Å²) < 4.78 is 61.3. The first-order chi connectivity index (χ1) is 20.0. The van der Waals surface area contributed by atoms with Crippen LogP contribution in [0.25, 0.3) is 0 Å². The molecule has 11 heteroatoms. The fourth-order valence-corrected chi connectivity index (χ4v) is 8.08. The Morgan fingerprint density at radius 2 is 1.31 bits per heavy atom. The van der Waals surface area contributed by atoms with Gasteiger partial charge in [0.05, 0.1) is 16.3 Å². The molecule has 0 N–H and O–H groups in total. The van der Waals surface area contributed by atoms with Crippen LogP contribution < -0.4 is 4.90 Å². The third-order valence-electron chi connectivity index (χ3n) is 7.90. The normalized spacial score (nSPS) is 19.0. The molecule has 0 aliphatic carbocycles. The molecule has 0 spiro atoms. The van der Waals surface area contributed by atoms with E-state index < -0.39 is 26.2 Å². The zero-order chi connectivity index (χ0) is 30.1. The second kappa shape index (κ2) is 12.2. The van der Waals surface area contributed by atoms with E-state index in [1.165, 1.54) is 4.31 Å². The summed E-state index contributed by atoms with van der Waals surface area (Å²) in [6, 6.07) is 21.2. The number of hydrogen-bond acceptors (Lipinski definition) is 6. The molecular formula is C31H39N5O4S2. The lowest BCUT2D eigenvalue weighted by molar-refractivity contribution is 0.271. The van der Waals surface area contributed by atoms with Crippen molar-refractivity contribution >= 4 is 31.6 Å². The van der Waals surface area contributed by atoms with Crippen molar-refractivity contribution in [1.29, 1.82) is 0 Å². The molecule has 0 amide bonds. The maximum atomic E-state index is 14.1. The molecule has 1 atom stereocenters.